The van der Waals surface area contributed by atoms with Crippen LogP contribution in [0.15, 0.2) is 42.2 Å². The number of allylic oxidation sites excluding steroid dienone is 4. The molecule has 0 fully saturated rings. The van der Waals surface area contributed by atoms with Crippen molar-refractivity contribution in [3.8, 4) is 0 Å². The summed E-state index contributed by atoms with van der Waals surface area (Å²) in [6.45, 7) is 4.09. The highest BCUT2D eigenvalue weighted by molar-refractivity contribution is 6.30. The van der Waals surface area contributed by atoms with Gasteiger partial charge >= 0.3 is 0 Å². The third-order valence-corrected chi connectivity index (χ3v) is 3.34. The SMILES string of the molecule is CC(C)C1C(F)=CCC=C1c1cccc(Cl)c1. The van der Waals surface area contributed by atoms with Gasteiger partial charge in [-0.1, -0.05) is 43.7 Å². The average molecular weight is 251 g/mol. The molecule has 0 heterocycles. The van der Waals surface area contributed by atoms with Crippen LogP contribution in [-0.2, 0) is 0 Å². The summed E-state index contributed by atoms with van der Waals surface area (Å²) in [7, 11) is 0. The van der Waals surface area contributed by atoms with Crippen LogP contribution in [0.25, 0.3) is 5.57 Å². The Labute approximate surface area is 107 Å². The van der Waals surface area contributed by atoms with E-state index in [1.807, 2.05) is 38.1 Å². The third kappa shape index (κ3) is 2.61. The summed E-state index contributed by atoms with van der Waals surface area (Å²) in [6, 6.07) is 7.64. The zero-order valence-electron chi connectivity index (χ0n) is 10.1. The minimum absolute atomic E-state index is 0.0162. The molecule has 2 heteroatoms. The van der Waals surface area contributed by atoms with Gasteiger partial charge in [0.25, 0.3) is 0 Å². The van der Waals surface area contributed by atoms with Crippen molar-refractivity contribution in [2.45, 2.75) is 20.3 Å². The summed E-state index contributed by atoms with van der Waals surface area (Å²) in [5, 5.41) is 0.695. The molecule has 0 nitrogen and oxygen atoms in total. The lowest BCUT2D eigenvalue weighted by molar-refractivity contribution is 0.434. The Morgan fingerprint density at radius 3 is 2.71 bits per heavy atom. The molecule has 1 atom stereocenters. The van der Waals surface area contributed by atoms with Gasteiger partial charge in [-0.15, -0.1) is 0 Å². The average Bonchev–Trinajstić information content (AvgIpc) is 2.28. The van der Waals surface area contributed by atoms with Crippen LogP contribution in [0, 0.1) is 11.8 Å². The number of hydrogen-bond donors (Lipinski definition) is 0. The topological polar surface area (TPSA) is 0 Å². The van der Waals surface area contributed by atoms with Crippen LogP contribution in [-0.4, -0.2) is 0 Å². The van der Waals surface area contributed by atoms with Crippen LogP contribution < -0.4 is 0 Å². The predicted octanol–water partition coefficient (Wildman–Crippen LogP) is 5.25. The van der Waals surface area contributed by atoms with Crippen LogP contribution in [0.1, 0.15) is 25.8 Å². The third-order valence-electron chi connectivity index (χ3n) is 3.11. The van der Waals surface area contributed by atoms with E-state index in [4.69, 9.17) is 11.6 Å². The molecule has 1 unspecified atom stereocenters. The van der Waals surface area contributed by atoms with E-state index >= 15 is 0 Å². The zero-order chi connectivity index (χ0) is 12.4. The van der Waals surface area contributed by atoms with Crippen LogP contribution in [0.4, 0.5) is 4.39 Å². The molecule has 1 aliphatic rings. The molecule has 0 aromatic heterocycles. The quantitative estimate of drug-likeness (QED) is 0.672. The second-order valence-corrected chi connectivity index (χ2v) is 5.15. The van der Waals surface area contributed by atoms with Crippen molar-refractivity contribution in [1.29, 1.82) is 0 Å². The molecule has 1 aromatic rings. The minimum atomic E-state index is -0.137. The Morgan fingerprint density at radius 2 is 2.06 bits per heavy atom. The molecule has 2 rings (SSSR count). The number of benzene rings is 1. The molecule has 0 spiro atoms. The zero-order valence-corrected chi connectivity index (χ0v) is 10.8. The Morgan fingerprint density at radius 1 is 1.29 bits per heavy atom. The van der Waals surface area contributed by atoms with E-state index in [9.17, 15) is 4.39 Å². The maximum absolute atomic E-state index is 13.9. The van der Waals surface area contributed by atoms with Gasteiger partial charge in [0.2, 0.25) is 0 Å². The van der Waals surface area contributed by atoms with Crippen LogP contribution in [0.3, 0.4) is 0 Å². The van der Waals surface area contributed by atoms with E-state index < -0.39 is 0 Å². The van der Waals surface area contributed by atoms with Crippen molar-refractivity contribution in [3.05, 3.63) is 52.8 Å². The lowest BCUT2D eigenvalue weighted by Gasteiger charge is -2.26. The molecule has 90 valence electrons. The van der Waals surface area contributed by atoms with E-state index in [1.165, 1.54) is 0 Å². The van der Waals surface area contributed by atoms with Gasteiger partial charge in [-0.05, 0) is 41.7 Å². The fourth-order valence-corrected chi connectivity index (χ4v) is 2.53. The summed E-state index contributed by atoms with van der Waals surface area (Å²) >= 11 is 5.99. The molecule has 0 saturated heterocycles. The molecule has 1 aliphatic carbocycles. The Balaban J connectivity index is 2.40. The largest absolute Gasteiger partial charge is 0.211 e. The first-order valence-electron chi connectivity index (χ1n) is 5.91. The lowest BCUT2D eigenvalue weighted by atomic mass is 9.80. The summed E-state index contributed by atoms with van der Waals surface area (Å²) in [6.07, 6.45) is 4.43. The Kier molecular flexibility index (Phi) is 3.68. The minimum Gasteiger partial charge on any atom is -0.211 e. The van der Waals surface area contributed by atoms with Crippen LogP contribution in [0.5, 0.6) is 0 Å². The number of rotatable bonds is 2. The van der Waals surface area contributed by atoms with Crippen molar-refractivity contribution in [1.82, 2.24) is 0 Å². The maximum atomic E-state index is 13.9. The molecular formula is C15H16ClF. The fraction of sp³-hybridized carbons (Fsp3) is 0.333. The van der Waals surface area contributed by atoms with Gasteiger partial charge in [-0.2, -0.15) is 0 Å². The highest BCUT2D eigenvalue weighted by atomic mass is 35.5. The number of halogens is 2. The van der Waals surface area contributed by atoms with E-state index in [1.54, 1.807) is 6.08 Å². The summed E-state index contributed by atoms with van der Waals surface area (Å²) < 4.78 is 13.9. The molecule has 1 aromatic carbocycles. The maximum Gasteiger partial charge on any atom is 0.104 e. The van der Waals surface area contributed by atoms with Crippen molar-refractivity contribution in [2.75, 3.05) is 0 Å². The fourth-order valence-electron chi connectivity index (χ4n) is 2.34. The molecule has 0 N–H and O–H groups in total. The lowest BCUT2D eigenvalue weighted by Crippen LogP contribution is -2.14. The highest BCUT2D eigenvalue weighted by Crippen LogP contribution is 2.39. The summed E-state index contributed by atoms with van der Waals surface area (Å²) in [4.78, 5) is 0. The standard InChI is InChI=1S/C15H16ClF/c1-10(2)15-13(7-4-8-14(15)17)11-5-3-6-12(16)9-11/h3,5-10,15H,4H2,1-2H3. The molecule has 0 amide bonds. The highest BCUT2D eigenvalue weighted by Gasteiger charge is 2.26. The normalized spacial score (nSPS) is 20.2. The van der Waals surface area contributed by atoms with E-state index in [0.717, 1.165) is 11.1 Å². The van der Waals surface area contributed by atoms with Crippen molar-refractivity contribution in [2.24, 2.45) is 11.8 Å². The van der Waals surface area contributed by atoms with Gasteiger partial charge in [0.1, 0.15) is 5.83 Å². The monoisotopic (exact) mass is 250 g/mol. The van der Waals surface area contributed by atoms with Gasteiger partial charge in [-0.25, -0.2) is 4.39 Å². The van der Waals surface area contributed by atoms with Gasteiger partial charge in [0, 0.05) is 10.9 Å². The second-order valence-electron chi connectivity index (χ2n) is 4.72. The molecule has 0 aliphatic heterocycles. The smallest absolute Gasteiger partial charge is 0.104 e. The molecule has 0 bridgehead atoms. The Hall–Kier alpha value is -1.08. The first-order chi connectivity index (χ1) is 8.09. The van der Waals surface area contributed by atoms with E-state index in [0.29, 0.717) is 11.4 Å². The first kappa shape index (κ1) is 12.4. The van der Waals surface area contributed by atoms with Gasteiger partial charge in [0.15, 0.2) is 0 Å². The number of hydrogen-bond acceptors (Lipinski definition) is 0. The van der Waals surface area contributed by atoms with Gasteiger partial charge in [-0.3, -0.25) is 0 Å². The second kappa shape index (κ2) is 5.05. The van der Waals surface area contributed by atoms with Gasteiger partial charge < -0.3 is 0 Å². The Bertz CT molecular complexity index is 472. The molecule has 0 saturated carbocycles. The van der Waals surface area contributed by atoms with Gasteiger partial charge in [0.05, 0.1) is 0 Å². The van der Waals surface area contributed by atoms with E-state index in [-0.39, 0.29) is 17.7 Å². The van der Waals surface area contributed by atoms with Crippen molar-refractivity contribution >= 4 is 17.2 Å². The predicted molar refractivity (Wildman–Crippen MR) is 71.6 cm³/mol. The van der Waals surface area contributed by atoms with E-state index in [2.05, 4.69) is 6.08 Å². The van der Waals surface area contributed by atoms with Crippen LogP contribution in [0.2, 0.25) is 5.02 Å². The molecule has 17 heavy (non-hydrogen) atoms. The summed E-state index contributed by atoms with van der Waals surface area (Å²) in [5.41, 5.74) is 2.09. The van der Waals surface area contributed by atoms with Crippen LogP contribution >= 0.6 is 11.6 Å². The molecule has 0 radical (unpaired) electrons. The van der Waals surface area contributed by atoms with Crippen molar-refractivity contribution in [3.63, 3.8) is 0 Å². The summed E-state index contributed by atoms with van der Waals surface area (Å²) in [5.74, 6) is 0.0940. The molecular weight excluding hydrogens is 235 g/mol. The first-order valence-corrected chi connectivity index (χ1v) is 6.29. The van der Waals surface area contributed by atoms with Crippen molar-refractivity contribution < 1.29 is 4.39 Å².